The molecule has 0 spiro atoms. The highest BCUT2D eigenvalue weighted by Gasteiger charge is 2.43. The summed E-state index contributed by atoms with van der Waals surface area (Å²) < 4.78 is 52.2. The van der Waals surface area contributed by atoms with E-state index < -0.39 is 17.2 Å². The third-order valence-electron chi connectivity index (χ3n) is 4.89. The zero-order chi connectivity index (χ0) is 19.1. The molecule has 1 aliphatic heterocycles. The van der Waals surface area contributed by atoms with Crippen molar-refractivity contribution in [3.05, 3.63) is 53.7 Å². The van der Waals surface area contributed by atoms with E-state index in [2.05, 4.69) is 15.2 Å². The van der Waals surface area contributed by atoms with Crippen molar-refractivity contribution in [3.63, 3.8) is 0 Å². The van der Waals surface area contributed by atoms with Crippen molar-refractivity contribution in [3.8, 4) is 11.4 Å². The first kappa shape index (κ1) is 17.7. The Morgan fingerprint density at radius 3 is 2.63 bits per heavy atom. The van der Waals surface area contributed by atoms with Crippen LogP contribution >= 0.6 is 0 Å². The summed E-state index contributed by atoms with van der Waals surface area (Å²) in [5.74, 6) is 0.653. The van der Waals surface area contributed by atoms with Crippen molar-refractivity contribution in [2.45, 2.75) is 24.4 Å². The lowest BCUT2D eigenvalue weighted by atomic mass is 9.73. The van der Waals surface area contributed by atoms with Crippen LogP contribution in [0.1, 0.15) is 29.9 Å². The fourth-order valence-electron chi connectivity index (χ4n) is 3.41. The van der Waals surface area contributed by atoms with E-state index in [4.69, 9.17) is 9.26 Å². The Kier molecular flexibility index (Phi) is 4.26. The average Bonchev–Trinajstić information content (AvgIpc) is 3.31. The normalized spacial score (nSPS) is 17.2. The van der Waals surface area contributed by atoms with E-state index in [-0.39, 0.29) is 0 Å². The molecule has 1 aliphatic rings. The number of ether oxygens (including phenoxy) is 1. The van der Waals surface area contributed by atoms with E-state index >= 15 is 0 Å². The predicted octanol–water partition coefficient (Wildman–Crippen LogP) is 3.59. The van der Waals surface area contributed by atoms with Crippen molar-refractivity contribution in [1.29, 1.82) is 0 Å². The average molecular weight is 378 g/mol. The number of halogens is 3. The molecule has 0 radical (unpaired) electrons. The molecule has 2 aromatic heterocycles. The van der Waals surface area contributed by atoms with Gasteiger partial charge in [0.1, 0.15) is 0 Å². The number of nitrogens with zero attached hydrogens (tertiary/aromatic N) is 4. The maximum Gasteiger partial charge on any atom is 0.416 e. The van der Waals surface area contributed by atoms with Gasteiger partial charge in [-0.2, -0.15) is 23.3 Å². The summed E-state index contributed by atoms with van der Waals surface area (Å²) in [5.41, 5.74) is -0.328. The van der Waals surface area contributed by atoms with Gasteiger partial charge in [-0.25, -0.2) is 0 Å². The van der Waals surface area contributed by atoms with Crippen LogP contribution in [0.2, 0.25) is 0 Å². The van der Waals surface area contributed by atoms with Gasteiger partial charge in [0.2, 0.25) is 11.7 Å². The van der Waals surface area contributed by atoms with Crippen molar-refractivity contribution >= 4 is 0 Å². The highest BCUT2D eigenvalue weighted by molar-refractivity contribution is 5.51. The van der Waals surface area contributed by atoms with Crippen LogP contribution < -0.4 is 0 Å². The molecule has 1 saturated heterocycles. The molecule has 0 amide bonds. The topological polar surface area (TPSA) is 66.0 Å². The van der Waals surface area contributed by atoms with Crippen LogP contribution in [0.3, 0.4) is 0 Å². The van der Waals surface area contributed by atoms with Gasteiger partial charge in [0.25, 0.3) is 0 Å². The molecule has 27 heavy (non-hydrogen) atoms. The number of hydrogen-bond acceptors (Lipinski definition) is 5. The molecular weight excluding hydrogens is 361 g/mol. The summed E-state index contributed by atoms with van der Waals surface area (Å²) in [7, 11) is 1.77. The van der Waals surface area contributed by atoms with E-state index in [0.29, 0.717) is 48.9 Å². The van der Waals surface area contributed by atoms with Gasteiger partial charge in [-0.3, -0.25) is 4.68 Å². The van der Waals surface area contributed by atoms with Crippen molar-refractivity contribution in [2.24, 2.45) is 7.05 Å². The molecule has 0 saturated carbocycles. The highest BCUT2D eigenvalue weighted by Crippen LogP contribution is 2.42. The van der Waals surface area contributed by atoms with E-state index in [1.807, 2.05) is 0 Å². The molecule has 4 rings (SSSR count). The lowest BCUT2D eigenvalue weighted by molar-refractivity contribution is -0.137. The minimum absolute atomic E-state index is 0.295. The summed E-state index contributed by atoms with van der Waals surface area (Å²) in [6.45, 7) is 0.807. The Labute approximate surface area is 152 Å². The zero-order valence-corrected chi connectivity index (χ0v) is 14.5. The zero-order valence-electron chi connectivity index (χ0n) is 14.5. The van der Waals surface area contributed by atoms with Crippen LogP contribution in [-0.4, -0.2) is 33.1 Å². The molecular formula is C18H17F3N4O2. The third-order valence-corrected chi connectivity index (χ3v) is 4.89. The van der Waals surface area contributed by atoms with Crippen LogP contribution in [0.15, 0.2) is 41.2 Å². The molecule has 0 aliphatic carbocycles. The Bertz CT molecular complexity index is 942. The number of rotatable bonds is 3. The van der Waals surface area contributed by atoms with Crippen molar-refractivity contribution < 1.29 is 22.4 Å². The van der Waals surface area contributed by atoms with Crippen LogP contribution in [0.5, 0.6) is 0 Å². The number of benzene rings is 1. The van der Waals surface area contributed by atoms with Crippen LogP contribution in [0.25, 0.3) is 11.4 Å². The number of hydrogen-bond donors (Lipinski definition) is 0. The summed E-state index contributed by atoms with van der Waals surface area (Å²) in [4.78, 5) is 4.49. The molecule has 9 heteroatoms. The second-order valence-corrected chi connectivity index (χ2v) is 6.60. The quantitative estimate of drug-likeness (QED) is 0.697. The molecule has 142 valence electrons. The summed E-state index contributed by atoms with van der Waals surface area (Å²) >= 11 is 0. The molecule has 3 heterocycles. The number of alkyl halides is 3. The van der Waals surface area contributed by atoms with E-state index in [1.54, 1.807) is 30.2 Å². The lowest BCUT2D eigenvalue weighted by Crippen LogP contribution is -2.35. The molecule has 0 N–H and O–H groups in total. The molecule has 0 unspecified atom stereocenters. The second kappa shape index (κ2) is 6.49. The molecule has 1 aromatic carbocycles. The largest absolute Gasteiger partial charge is 0.416 e. The summed E-state index contributed by atoms with van der Waals surface area (Å²) in [6, 6.07) is 5.31. The minimum Gasteiger partial charge on any atom is -0.381 e. The molecule has 0 bridgehead atoms. The van der Waals surface area contributed by atoms with Gasteiger partial charge < -0.3 is 9.26 Å². The maximum atomic E-state index is 13.2. The maximum absolute atomic E-state index is 13.2. The van der Waals surface area contributed by atoms with Crippen molar-refractivity contribution in [1.82, 2.24) is 19.9 Å². The minimum atomic E-state index is -4.42. The standard InChI is InChI=1S/C18H17F3N4O2/c1-25-11-12(10-22-25)15-23-16(27-24-15)17(5-7-26-8-6-17)13-3-2-4-14(9-13)18(19,20)21/h2-4,9-11H,5-8H2,1H3. The Morgan fingerprint density at radius 2 is 1.96 bits per heavy atom. The monoisotopic (exact) mass is 378 g/mol. The fourth-order valence-corrected chi connectivity index (χ4v) is 3.41. The second-order valence-electron chi connectivity index (χ2n) is 6.60. The third kappa shape index (κ3) is 3.23. The predicted molar refractivity (Wildman–Crippen MR) is 88.8 cm³/mol. The number of aryl methyl sites for hydroxylation is 1. The van der Waals surface area contributed by atoms with Crippen LogP contribution in [-0.2, 0) is 23.4 Å². The Balaban J connectivity index is 1.79. The fraction of sp³-hybridized carbons (Fsp3) is 0.389. The van der Waals surface area contributed by atoms with Crippen molar-refractivity contribution in [2.75, 3.05) is 13.2 Å². The Morgan fingerprint density at radius 1 is 1.19 bits per heavy atom. The Hall–Kier alpha value is -2.68. The summed E-state index contributed by atoms with van der Waals surface area (Å²) in [6.07, 6.45) is -0.144. The highest BCUT2D eigenvalue weighted by atomic mass is 19.4. The molecule has 6 nitrogen and oxygen atoms in total. The van der Waals surface area contributed by atoms with E-state index in [1.165, 1.54) is 12.1 Å². The van der Waals surface area contributed by atoms with Gasteiger partial charge in [0, 0.05) is 26.5 Å². The van der Waals surface area contributed by atoms with E-state index in [9.17, 15) is 13.2 Å². The van der Waals surface area contributed by atoms with Gasteiger partial charge in [0.15, 0.2) is 0 Å². The van der Waals surface area contributed by atoms with Gasteiger partial charge in [0.05, 0.1) is 22.7 Å². The first-order valence-electron chi connectivity index (χ1n) is 8.47. The SMILES string of the molecule is Cn1cc(-c2noc(C3(c4cccc(C(F)(F)F)c4)CCOCC3)n2)cn1. The van der Waals surface area contributed by atoms with Gasteiger partial charge >= 0.3 is 6.18 Å². The smallest absolute Gasteiger partial charge is 0.381 e. The first-order chi connectivity index (χ1) is 12.9. The molecule has 1 fully saturated rings. The van der Waals surface area contributed by atoms with Gasteiger partial charge in [-0.15, -0.1) is 0 Å². The molecule has 3 aromatic rings. The summed E-state index contributed by atoms with van der Waals surface area (Å²) in [5, 5.41) is 8.09. The van der Waals surface area contributed by atoms with Crippen LogP contribution in [0.4, 0.5) is 13.2 Å². The van der Waals surface area contributed by atoms with Crippen LogP contribution in [0, 0.1) is 0 Å². The first-order valence-corrected chi connectivity index (χ1v) is 8.47. The molecule has 0 atom stereocenters. The van der Waals surface area contributed by atoms with Gasteiger partial charge in [-0.1, -0.05) is 23.4 Å². The number of aromatic nitrogens is 4. The van der Waals surface area contributed by atoms with E-state index in [0.717, 1.165) is 6.07 Å². The van der Waals surface area contributed by atoms with Gasteiger partial charge in [-0.05, 0) is 24.5 Å². The lowest BCUT2D eigenvalue weighted by Gasteiger charge is -2.34.